The van der Waals surface area contributed by atoms with E-state index in [1.165, 1.54) is 5.56 Å². The monoisotopic (exact) mass is 190 g/mol. The van der Waals surface area contributed by atoms with Gasteiger partial charge in [0.15, 0.2) is 5.65 Å². The van der Waals surface area contributed by atoms with Crippen LogP contribution in [0.3, 0.4) is 0 Å². The Kier molecular flexibility index (Phi) is 2.21. The molecule has 0 fully saturated rings. The van der Waals surface area contributed by atoms with Crippen LogP contribution in [0.5, 0.6) is 0 Å². The van der Waals surface area contributed by atoms with Gasteiger partial charge in [-0.2, -0.15) is 5.10 Å². The average molecular weight is 190 g/mol. The van der Waals surface area contributed by atoms with Gasteiger partial charge in [-0.1, -0.05) is 6.92 Å². The molecule has 0 spiro atoms. The Bertz CT molecular complexity index is 458. The molecule has 0 unspecified atom stereocenters. The minimum Gasteiger partial charge on any atom is -0.325 e. The van der Waals surface area contributed by atoms with Crippen LogP contribution in [-0.2, 0) is 13.0 Å². The lowest BCUT2D eigenvalue weighted by Gasteiger charge is -2.02. The van der Waals surface area contributed by atoms with Crippen LogP contribution in [0.2, 0.25) is 0 Å². The molecule has 4 nitrogen and oxygen atoms in total. The fraction of sp³-hybridized carbons (Fsp3) is 0.400. The van der Waals surface area contributed by atoms with Crippen molar-refractivity contribution in [1.29, 1.82) is 0 Å². The molecule has 2 aromatic heterocycles. The first-order valence-electron chi connectivity index (χ1n) is 4.79. The van der Waals surface area contributed by atoms with Gasteiger partial charge in [-0.15, -0.1) is 0 Å². The van der Waals surface area contributed by atoms with Crippen molar-refractivity contribution < 1.29 is 0 Å². The van der Waals surface area contributed by atoms with Crippen LogP contribution >= 0.6 is 0 Å². The quantitative estimate of drug-likeness (QED) is 0.770. The molecule has 0 aliphatic carbocycles. The maximum atomic E-state index is 5.58. The number of nitrogens with two attached hydrogens (primary N) is 1. The van der Waals surface area contributed by atoms with Gasteiger partial charge in [-0.25, -0.2) is 9.50 Å². The van der Waals surface area contributed by atoms with Crippen molar-refractivity contribution in [2.24, 2.45) is 5.73 Å². The Balaban J connectivity index is 2.73. The number of rotatable bonds is 2. The Hall–Kier alpha value is -1.42. The maximum absolute atomic E-state index is 5.58. The summed E-state index contributed by atoms with van der Waals surface area (Å²) in [7, 11) is 0. The molecule has 0 radical (unpaired) electrons. The number of hydrogen-bond acceptors (Lipinski definition) is 3. The zero-order valence-corrected chi connectivity index (χ0v) is 8.49. The fourth-order valence-electron chi connectivity index (χ4n) is 1.58. The van der Waals surface area contributed by atoms with E-state index in [2.05, 4.69) is 17.0 Å². The number of hydrogen-bond donors (Lipinski definition) is 1. The number of nitrogens with zero attached hydrogens (tertiary/aromatic N) is 3. The Labute approximate surface area is 82.8 Å². The lowest BCUT2D eigenvalue weighted by Crippen LogP contribution is -2.04. The predicted octanol–water partition coefficient (Wildman–Crippen LogP) is 1.06. The number of aromatic nitrogens is 3. The van der Waals surface area contributed by atoms with Crippen molar-refractivity contribution in [1.82, 2.24) is 14.6 Å². The van der Waals surface area contributed by atoms with E-state index in [0.29, 0.717) is 6.54 Å². The van der Waals surface area contributed by atoms with E-state index in [9.17, 15) is 0 Å². The molecule has 0 atom stereocenters. The average Bonchev–Trinajstić information content (AvgIpc) is 2.61. The third kappa shape index (κ3) is 1.28. The second kappa shape index (κ2) is 3.38. The normalized spacial score (nSPS) is 11.1. The molecule has 14 heavy (non-hydrogen) atoms. The molecule has 0 saturated heterocycles. The second-order valence-corrected chi connectivity index (χ2v) is 3.35. The highest BCUT2D eigenvalue weighted by atomic mass is 15.3. The summed E-state index contributed by atoms with van der Waals surface area (Å²) in [6.07, 6.45) is 2.82. The standard InChI is InChI=1S/C10H14N4/c1-3-8-6-12-14-7(2)4-9(5-11)13-10(8)14/h4,6H,3,5,11H2,1-2H3. The molecule has 74 valence electrons. The van der Waals surface area contributed by atoms with Gasteiger partial charge in [0.1, 0.15) is 0 Å². The minimum atomic E-state index is 0.478. The van der Waals surface area contributed by atoms with E-state index >= 15 is 0 Å². The lowest BCUT2D eigenvalue weighted by molar-refractivity contribution is 0.866. The molecule has 2 rings (SSSR count). The van der Waals surface area contributed by atoms with Crippen LogP contribution in [0.15, 0.2) is 12.3 Å². The molecule has 0 saturated carbocycles. The lowest BCUT2D eigenvalue weighted by atomic mass is 10.2. The van der Waals surface area contributed by atoms with Gasteiger partial charge in [-0.3, -0.25) is 0 Å². The first kappa shape index (κ1) is 9.15. The summed E-state index contributed by atoms with van der Waals surface area (Å²) in [6.45, 7) is 4.59. The summed E-state index contributed by atoms with van der Waals surface area (Å²) in [6, 6.07) is 1.97. The van der Waals surface area contributed by atoms with Crippen molar-refractivity contribution in [2.45, 2.75) is 26.8 Å². The van der Waals surface area contributed by atoms with Crippen LogP contribution < -0.4 is 5.73 Å². The summed E-state index contributed by atoms with van der Waals surface area (Å²) < 4.78 is 1.86. The Morgan fingerprint density at radius 3 is 2.93 bits per heavy atom. The smallest absolute Gasteiger partial charge is 0.158 e. The summed E-state index contributed by atoms with van der Waals surface area (Å²) >= 11 is 0. The largest absolute Gasteiger partial charge is 0.325 e. The van der Waals surface area contributed by atoms with Crippen molar-refractivity contribution in [3.63, 3.8) is 0 Å². The number of fused-ring (bicyclic) bond motifs is 1. The SMILES string of the molecule is CCc1cnn2c(C)cc(CN)nc12. The molecule has 2 heterocycles. The minimum absolute atomic E-state index is 0.478. The van der Waals surface area contributed by atoms with E-state index in [-0.39, 0.29) is 0 Å². The van der Waals surface area contributed by atoms with Crippen molar-refractivity contribution in [3.8, 4) is 0 Å². The predicted molar refractivity (Wildman–Crippen MR) is 55.0 cm³/mol. The maximum Gasteiger partial charge on any atom is 0.158 e. The van der Waals surface area contributed by atoms with Crippen LogP contribution in [0.1, 0.15) is 23.9 Å². The van der Waals surface area contributed by atoms with E-state index < -0.39 is 0 Å². The van der Waals surface area contributed by atoms with Gasteiger partial charge in [-0.05, 0) is 19.4 Å². The van der Waals surface area contributed by atoms with Crippen LogP contribution in [0.4, 0.5) is 0 Å². The zero-order valence-electron chi connectivity index (χ0n) is 8.49. The van der Waals surface area contributed by atoms with Gasteiger partial charge in [0.05, 0.1) is 11.9 Å². The summed E-state index contributed by atoms with van der Waals surface area (Å²) in [5.74, 6) is 0. The van der Waals surface area contributed by atoms with E-state index in [4.69, 9.17) is 5.73 Å². The van der Waals surface area contributed by atoms with Crippen molar-refractivity contribution in [3.05, 3.63) is 29.2 Å². The molecular weight excluding hydrogens is 176 g/mol. The molecule has 0 aromatic carbocycles. The van der Waals surface area contributed by atoms with Gasteiger partial charge in [0.2, 0.25) is 0 Å². The first-order chi connectivity index (χ1) is 6.76. The van der Waals surface area contributed by atoms with Gasteiger partial charge in [0, 0.05) is 17.8 Å². The molecule has 0 bridgehead atoms. The third-order valence-corrected chi connectivity index (χ3v) is 2.37. The fourth-order valence-corrected chi connectivity index (χ4v) is 1.58. The molecule has 2 N–H and O–H groups in total. The summed E-state index contributed by atoms with van der Waals surface area (Å²) in [4.78, 5) is 4.46. The summed E-state index contributed by atoms with van der Waals surface area (Å²) in [5.41, 5.74) is 9.69. The highest BCUT2D eigenvalue weighted by molar-refractivity contribution is 5.47. The second-order valence-electron chi connectivity index (χ2n) is 3.35. The highest BCUT2D eigenvalue weighted by Gasteiger charge is 2.06. The van der Waals surface area contributed by atoms with Crippen LogP contribution in [0, 0.1) is 6.92 Å². The van der Waals surface area contributed by atoms with E-state index in [1.807, 2.05) is 23.7 Å². The molecule has 0 amide bonds. The van der Waals surface area contributed by atoms with Crippen molar-refractivity contribution in [2.75, 3.05) is 0 Å². The first-order valence-corrected chi connectivity index (χ1v) is 4.79. The Morgan fingerprint density at radius 2 is 2.29 bits per heavy atom. The Morgan fingerprint density at radius 1 is 1.50 bits per heavy atom. The van der Waals surface area contributed by atoms with Crippen molar-refractivity contribution >= 4 is 5.65 Å². The molecular formula is C10H14N4. The molecule has 4 heteroatoms. The third-order valence-electron chi connectivity index (χ3n) is 2.37. The topological polar surface area (TPSA) is 56.2 Å². The molecule has 0 aliphatic rings. The van der Waals surface area contributed by atoms with Crippen LogP contribution in [0.25, 0.3) is 5.65 Å². The highest BCUT2D eigenvalue weighted by Crippen LogP contribution is 2.12. The van der Waals surface area contributed by atoms with E-state index in [1.54, 1.807) is 0 Å². The van der Waals surface area contributed by atoms with Crippen LogP contribution in [-0.4, -0.2) is 14.6 Å². The summed E-state index contributed by atoms with van der Waals surface area (Å²) in [5, 5.41) is 4.28. The number of aryl methyl sites for hydroxylation is 2. The van der Waals surface area contributed by atoms with Gasteiger partial charge < -0.3 is 5.73 Å². The zero-order chi connectivity index (χ0) is 10.1. The van der Waals surface area contributed by atoms with E-state index in [0.717, 1.165) is 23.5 Å². The van der Waals surface area contributed by atoms with Gasteiger partial charge in [0.25, 0.3) is 0 Å². The van der Waals surface area contributed by atoms with Gasteiger partial charge >= 0.3 is 0 Å². The molecule has 0 aliphatic heterocycles. The molecule has 2 aromatic rings.